The Morgan fingerprint density at radius 2 is 1.35 bits per heavy atom. The van der Waals surface area contributed by atoms with Gasteiger partial charge in [-0.05, 0) is 61.6 Å². The van der Waals surface area contributed by atoms with E-state index in [-0.39, 0.29) is 36.5 Å². The maximum Gasteiger partial charge on any atom is 0.409 e. The average molecular weight is 587 g/mol. The average Bonchev–Trinajstić information content (AvgIpc) is 3.42. The van der Waals surface area contributed by atoms with Gasteiger partial charge in [-0.25, -0.2) is 9.59 Å². The fourth-order valence-corrected chi connectivity index (χ4v) is 5.46. The van der Waals surface area contributed by atoms with E-state index in [1.54, 1.807) is 32.9 Å². The molecule has 3 aromatic carbocycles. The molecular weight excluding hydrogens is 552 g/mol. The third-order valence-electron chi connectivity index (χ3n) is 7.52. The van der Waals surface area contributed by atoms with Gasteiger partial charge in [-0.15, -0.1) is 0 Å². The van der Waals surface area contributed by atoms with Gasteiger partial charge in [-0.2, -0.15) is 0 Å². The largest absolute Gasteiger partial charge is 0.448 e. The Kier molecular flexibility index (Phi) is 8.34. The maximum atomic E-state index is 13.3. The van der Waals surface area contributed by atoms with E-state index in [1.807, 2.05) is 48.5 Å². The summed E-state index contributed by atoms with van der Waals surface area (Å²) < 4.78 is 11.5. The van der Waals surface area contributed by atoms with Crippen molar-refractivity contribution >= 4 is 23.9 Å². The summed E-state index contributed by atoms with van der Waals surface area (Å²) in [5, 5.41) is 11.4. The van der Waals surface area contributed by atoms with E-state index in [1.165, 1.54) is 24.1 Å². The number of benzene rings is 3. The molecular formula is C33H34N2O8. The van der Waals surface area contributed by atoms with E-state index in [2.05, 4.69) is 0 Å². The van der Waals surface area contributed by atoms with Gasteiger partial charge < -0.3 is 24.3 Å². The number of fused-ring (bicyclic) bond motifs is 4. The van der Waals surface area contributed by atoms with Crippen molar-refractivity contribution in [3.05, 3.63) is 95.1 Å². The van der Waals surface area contributed by atoms with Crippen molar-refractivity contribution in [2.75, 3.05) is 13.7 Å². The zero-order valence-electron chi connectivity index (χ0n) is 24.5. The maximum absolute atomic E-state index is 13.3. The molecule has 0 saturated carbocycles. The van der Waals surface area contributed by atoms with Crippen molar-refractivity contribution in [3.63, 3.8) is 0 Å². The van der Waals surface area contributed by atoms with E-state index in [0.717, 1.165) is 22.3 Å². The Labute approximate surface area is 249 Å². The molecule has 43 heavy (non-hydrogen) atoms. The lowest BCUT2D eigenvalue weighted by Crippen LogP contribution is -2.48. The number of nitrogens with zero attached hydrogens (tertiary/aromatic N) is 2. The minimum absolute atomic E-state index is 0.0714. The number of rotatable bonds is 9. The summed E-state index contributed by atoms with van der Waals surface area (Å²) in [6.07, 6.45) is -2.61. The Morgan fingerprint density at radius 3 is 1.86 bits per heavy atom. The molecule has 2 atom stereocenters. The van der Waals surface area contributed by atoms with E-state index in [4.69, 9.17) is 14.3 Å². The van der Waals surface area contributed by atoms with Crippen LogP contribution in [0.3, 0.4) is 0 Å². The van der Waals surface area contributed by atoms with Crippen LogP contribution in [0.4, 0.5) is 4.79 Å². The first-order valence-electron chi connectivity index (χ1n) is 14.1. The first-order chi connectivity index (χ1) is 20.5. The molecule has 1 N–H and O–H groups in total. The highest BCUT2D eigenvalue weighted by Gasteiger charge is 2.39. The van der Waals surface area contributed by atoms with Gasteiger partial charge in [0.15, 0.2) is 6.29 Å². The number of hydrogen-bond acceptors (Lipinski definition) is 8. The van der Waals surface area contributed by atoms with E-state index < -0.39 is 41.8 Å². The second-order valence-electron chi connectivity index (χ2n) is 11.6. The van der Waals surface area contributed by atoms with Crippen LogP contribution in [0.5, 0.6) is 0 Å². The molecule has 2 aliphatic rings. The predicted molar refractivity (Wildman–Crippen MR) is 156 cm³/mol. The van der Waals surface area contributed by atoms with Gasteiger partial charge in [0.05, 0.1) is 29.2 Å². The van der Waals surface area contributed by atoms with E-state index in [0.29, 0.717) is 5.06 Å². The van der Waals surface area contributed by atoms with Gasteiger partial charge in [0.2, 0.25) is 0 Å². The summed E-state index contributed by atoms with van der Waals surface area (Å²) in [6.45, 7) is 5.31. The van der Waals surface area contributed by atoms with E-state index >= 15 is 0 Å². The standard InChI is InChI=1S/C33H34N2O8/c1-33(2,3)42-31(39)27(17-18-28(36)43-35-29(37)24-15-9-10-16-25(24)30(35)38)34(4)32(40)41-19-26-22-13-7-5-11-20(22)21-12-6-8-14-23(21)26/h5-16,26-27,31,39H,17-19H2,1-4H3/t27-,31?/m0/s1. The fraction of sp³-hybridized carbons (Fsp3) is 0.333. The molecule has 0 aromatic heterocycles. The minimum atomic E-state index is -1.47. The van der Waals surface area contributed by atoms with Crippen molar-refractivity contribution in [1.82, 2.24) is 9.96 Å². The zero-order valence-corrected chi connectivity index (χ0v) is 24.5. The number of carbonyl (C=O) groups excluding carboxylic acids is 4. The fourth-order valence-electron chi connectivity index (χ4n) is 5.46. The van der Waals surface area contributed by atoms with Gasteiger partial charge in [-0.1, -0.05) is 65.7 Å². The van der Waals surface area contributed by atoms with Crippen LogP contribution in [-0.4, -0.2) is 70.5 Å². The van der Waals surface area contributed by atoms with Crippen LogP contribution in [0, 0.1) is 0 Å². The first kappa shape index (κ1) is 29.9. The first-order valence-corrected chi connectivity index (χ1v) is 14.1. The third kappa shape index (κ3) is 6.16. The van der Waals surface area contributed by atoms with Crippen LogP contribution in [0.2, 0.25) is 0 Å². The molecule has 1 heterocycles. The third-order valence-corrected chi connectivity index (χ3v) is 7.52. The lowest BCUT2D eigenvalue weighted by Gasteiger charge is -2.34. The Balaban J connectivity index is 1.25. The molecule has 0 bridgehead atoms. The Bertz CT molecular complexity index is 1480. The molecule has 1 aliphatic heterocycles. The highest BCUT2D eigenvalue weighted by atomic mass is 16.7. The van der Waals surface area contributed by atoms with Gasteiger partial charge in [0, 0.05) is 13.0 Å². The van der Waals surface area contributed by atoms with Crippen molar-refractivity contribution in [1.29, 1.82) is 0 Å². The van der Waals surface area contributed by atoms with Crippen molar-refractivity contribution in [2.24, 2.45) is 0 Å². The summed E-state index contributed by atoms with van der Waals surface area (Å²) in [7, 11) is 1.45. The number of aliphatic hydroxyl groups is 1. The quantitative estimate of drug-likeness (QED) is 0.277. The Hall–Kier alpha value is -4.54. The summed E-state index contributed by atoms with van der Waals surface area (Å²) in [5.41, 5.74) is 3.82. The van der Waals surface area contributed by atoms with Crippen LogP contribution >= 0.6 is 0 Å². The predicted octanol–water partition coefficient (Wildman–Crippen LogP) is 4.90. The number of hydroxylamine groups is 2. The number of aliphatic hydroxyl groups excluding tert-OH is 1. The summed E-state index contributed by atoms with van der Waals surface area (Å²) in [4.78, 5) is 57.5. The van der Waals surface area contributed by atoms with E-state index in [9.17, 15) is 24.3 Å². The van der Waals surface area contributed by atoms with Crippen molar-refractivity contribution in [3.8, 4) is 11.1 Å². The molecule has 3 amide bonds. The number of amides is 3. The van der Waals surface area contributed by atoms with Crippen molar-refractivity contribution in [2.45, 2.75) is 57.5 Å². The monoisotopic (exact) mass is 586 g/mol. The molecule has 1 unspecified atom stereocenters. The lowest BCUT2D eigenvalue weighted by molar-refractivity contribution is -0.195. The lowest BCUT2D eigenvalue weighted by atomic mass is 9.98. The number of hydrogen-bond donors (Lipinski definition) is 1. The van der Waals surface area contributed by atoms with Crippen LogP contribution in [0.1, 0.15) is 71.4 Å². The molecule has 0 radical (unpaired) electrons. The van der Waals surface area contributed by atoms with Crippen LogP contribution < -0.4 is 0 Å². The number of imide groups is 1. The summed E-state index contributed by atoms with van der Waals surface area (Å²) >= 11 is 0. The van der Waals surface area contributed by atoms with Gasteiger partial charge >= 0.3 is 12.1 Å². The van der Waals surface area contributed by atoms with Crippen LogP contribution in [0.25, 0.3) is 11.1 Å². The molecule has 3 aromatic rings. The van der Waals surface area contributed by atoms with Crippen LogP contribution in [-0.2, 0) is 19.1 Å². The van der Waals surface area contributed by atoms with Gasteiger partial charge in [0.25, 0.3) is 11.8 Å². The smallest absolute Gasteiger partial charge is 0.409 e. The second-order valence-corrected chi connectivity index (χ2v) is 11.6. The summed E-state index contributed by atoms with van der Waals surface area (Å²) in [5.74, 6) is -2.52. The number of likely N-dealkylation sites (N-methyl/N-ethyl adjacent to an activating group) is 1. The molecule has 5 rings (SSSR count). The molecule has 0 fully saturated rings. The normalized spacial score (nSPS) is 15.4. The highest BCUT2D eigenvalue weighted by molar-refractivity contribution is 6.20. The SMILES string of the molecule is CN(C(=O)OCC1c2ccccc2-c2ccccc21)[C@@H](CCC(=O)ON1C(=O)c2ccccc2C1=O)C(O)OC(C)(C)C. The zero-order chi connectivity index (χ0) is 30.9. The highest BCUT2D eigenvalue weighted by Crippen LogP contribution is 2.44. The Morgan fingerprint density at radius 1 is 0.860 bits per heavy atom. The minimum Gasteiger partial charge on any atom is -0.448 e. The molecule has 224 valence electrons. The second kappa shape index (κ2) is 12.0. The van der Waals surface area contributed by atoms with Crippen LogP contribution in [0.15, 0.2) is 72.8 Å². The van der Waals surface area contributed by atoms with Crippen molar-refractivity contribution < 1.29 is 38.6 Å². The van der Waals surface area contributed by atoms with Gasteiger partial charge in [-0.3, -0.25) is 9.59 Å². The number of carbonyl (C=O) groups is 4. The molecule has 0 spiro atoms. The molecule has 0 saturated heterocycles. The molecule has 10 nitrogen and oxygen atoms in total. The molecule has 10 heteroatoms. The topological polar surface area (TPSA) is 123 Å². The molecule has 1 aliphatic carbocycles. The summed E-state index contributed by atoms with van der Waals surface area (Å²) in [6, 6.07) is 21.1. The van der Waals surface area contributed by atoms with Gasteiger partial charge in [0.1, 0.15) is 6.61 Å². The number of ether oxygens (including phenoxy) is 2.